The molecule has 6 nitrogen and oxygen atoms in total. The van der Waals surface area contributed by atoms with E-state index >= 15 is 0 Å². The molecule has 4 rings (SSSR count). The molecule has 0 aliphatic carbocycles. The number of rotatable bonds is 10. The van der Waals surface area contributed by atoms with Gasteiger partial charge in [0.1, 0.15) is 24.3 Å². The zero-order chi connectivity index (χ0) is 23.9. The van der Waals surface area contributed by atoms with Crippen molar-refractivity contribution in [1.82, 2.24) is 19.6 Å². The first-order chi connectivity index (χ1) is 16.5. The Kier molecular flexibility index (Phi) is 8.32. The predicted molar refractivity (Wildman–Crippen MR) is 132 cm³/mol. The van der Waals surface area contributed by atoms with Crippen LogP contribution in [0.5, 0.6) is 5.75 Å². The topological polar surface area (TPSA) is 53.8 Å². The molecule has 0 amide bonds. The molecule has 182 valence electrons. The van der Waals surface area contributed by atoms with Crippen LogP contribution in [0, 0.1) is 11.7 Å². The summed E-state index contributed by atoms with van der Waals surface area (Å²) in [6, 6.07) is 18.4. The molecule has 2 aromatic carbocycles. The van der Waals surface area contributed by atoms with Gasteiger partial charge in [0.15, 0.2) is 0 Å². The van der Waals surface area contributed by atoms with Crippen LogP contribution < -0.4 is 4.74 Å². The second-order valence-electron chi connectivity index (χ2n) is 9.47. The first-order valence-electron chi connectivity index (χ1n) is 12.1. The Balaban J connectivity index is 1.26. The summed E-state index contributed by atoms with van der Waals surface area (Å²) >= 11 is 0. The first kappa shape index (κ1) is 24.4. The molecule has 1 saturated heterocycles. The highest BCUT2D eigenvalue weighted by Gasteiger charge is 2.21. The molecule has 0 unspecified atom stereocenters. The summed E-state index contributed by atoms with van der Waals surface area (Å²) in [6.07, 6.45) is 0.407. The molecule has 2 heterocycles. The van der Waals surface area contributed by atoms with Crippen LogP contribution in [0.2, 0.25) is 0 Å². The molecule has 1 atom stereocenters. The second-order valence-corrected chi connectivity index (χ2v) is 9.47. The summed E-state index contributed by atoms with van der Waals surface area (Å²) in [5, 5.41) is 15.3. The van der Waals surface area contributed by atoms with Gasteiger partial charge in [-0.3, -0.25) is 9.80 Å². The minimum atomic E-state index is -0.586. The van der Waals surface area contributed by atoms with Gasteiger partial charge in [-0.15, -0.1) is 0 Å². The lowest BCUT2D eigenvalue weighted by atomic mass is 10.1. The summed E-state index contributed by atoms with van der Waals surface area (Å²) in [5.74, 6) is 0.833. The number of hydrogen-bond acceptors (Lipinski definition) is 5. The van der Waals surface area contributed by atoms with Crippen molar-refractivity contribution in [2.75, 3.05) is 39.3 Å². The maximum absolute atomic E-state index is 13.0. The molecular weight excluding hydrogens is 431 g/mol. The third-order valence-electron chi connectivity index (χ3n) is 6.03. The summed E-state index contributed by atoms with van der Waals surface area (Å²) in [6.45, 7) is 9.72. The molecule has 0 spiro atoms. The van der Waals surface area contributed by atoms with Gasteiger partial charge in [0, 0.05) is 45.0 Å². The van der Waals surface area contributed by atoms with Crippen LogP contribution in [0.4, 0.5) is 4.39 Å². The molecule has 0 bridgehead atoms. The number of para-hydroxylation sites is 1. The van der Waals surface area contributed by atoms with Gasteiger partial charge < -0.3 is 9.84 Å². The normalized spacial score (nSPS) is 16.1. The van der Waals surface area contributed by atoms with E-state index in [-0.39, 0.29) is 12.4 Å². The Morgan fingerprint density at radius 3 is 2.32 bits per heavy atom. The zero-order valence-electron chi connectivity index (χ0n) is 20.1. The van der Waals surface area contributed by atoms with Crippen molar-refractivity contribution in [2.24, 2.45) is 5.92 Å². The summed E-state index contributed by atoms with van der Waals surface area (Å²) in [5.41, 5.74) is 3.45. The minimum absolute atomic E-state index is 0.196. The van der Waals surface area contributed by atoms with Gasteiger partial charge in [-0.05, 0) is 54.8 Å². The van der Waals surface area contributed by atoms with E-state index in [1.807, 2.05) is 18.2 Å². The highest BCUT2D eigenvalue weighted by atomic mass is 19.1. The lowest BCUT2D eigenvalue weighted by Crippen LogP contribution is -2.48. The average Bonchev–Trinajstić information content (AvgIpc) is 3.22. The van der Waals surface area contributed by atoms with Crippen LogP contribution in [0.3, 0.4) is 0 Å². The quantitative estimate of drug-likeness (QED) is 0.493. The Morgan fingerprint density at radius 1 is 0.971 bits per heavy atom. The Hall–Kier alpha value is -2.74. The fraction of sp³-hybridized carbons (Fsp3) is 0.444. The van der Waals surface area contributed by atoms with Gasteiger partial charge in [0.25, 0.3) is 0 Å². The lowest BCUT2D eigenvalue weighted by molar-refractivity contribution is 0.0443. The molecule has 1 N–H and O–H groups in total. The van der Waals surface area contributed by atoms with Crippen molar-refractivity contribution >= 4 is 0 Å². The number of piperazine rings is 1. The molecule has 1 aliphatic heterocycles. The molecular formula is C27H35FN4O2. The van der Waals surface area contributed by atoms with Gasteiger partial charge in [0.2, 0.25) is 0 Å². The molecule has 1 fully saturated rings. The molecule has 1 aliphatic rings. The van der Waals surface area contributed by atoms with Crippen molar-refractivity contribution in [3.63, 3.8) is 0 Å². The van der Waals surface area contributed by atoms with E-state index in [0.717, 1.165) is 50.5 Å². The molecule has 3 aromatic rings. The highest BCUT2D eigenvalue weighted by molar-refractivity contribution is 5.33. The fourth-order valence-electron chi connectivity index (χ4n) is 4.34. The zero-order valence-corrected chi connectivity index (χ0v) is 20.1. The second kappa shape index (κ2) is 11.6. The molecule has 1 aromatic heterocycles. The largest absolute Gasteiger partial charge is 0.491 e. The molecule has 0 saturated carbocycles. The van der Waals surface area contributed by atoms with Crippen molar-refractivity contribution in [3.8, 4) is 11.4 Å². The SMILES string of the molecule is CC(C)Cc1cc(CN2CCN(C[C@@H](O)COc3ccc(F)cc3)CC2)nn1-c1ccccc1. The third-order valence-corrected chi connectivity index (χ3v) is 6.03. The number of hydrogen-bond donors (Lipinski definition) is 1. The van der Waals surface area contributed by atoms with E-state index in [1.165, 1.54) is 17.8 Å². The average molecular weight is 467 g/mol. The van der Waals surface area contributed by atoms with Crippen molar-refractivity contribution in [2.45, 2.75) is 32.9 Å². The van der Waals surface area contributed by atoms with E-state index in [2.05, 4.69) is 46.5 Å². The van der Waals surface area contributed by atoms with Crippen LogP contribution in [-0.4, -0.2) is 70.1 Å². The van der Waals surface area contributed by atoms with Crippen molar-refractivity contribution < 1.29 is 14.2 Å². The maximum Gasteiger partial charge on any atom is 0.123 e. The Bertz CT molecular complexity index is 1010. The molecule has 7 heteroatoms. The van der Waals surface area contributed by atoms with Gasteiger partial charge in [0.05, 0.1) is 11.4 Å². The number of halogens is 1. The number of aliphatic hydroxyl groups excluding tert-OH is 1. The van der Waals surface area contributed by atoms with E-state index in [1.54, 1.807) is 12.1 Å². The van der Waals surface area contributed by atoms with Crippen LogP contribution in [0.25, 0.3) is 5.69 Å². The summed E-state index contributed by atoms with van der Waals surface area (Å²) in [4.78, 5) is 4.69. The van der Waals surface area contributed by atoms with E-state index in [0.29, 0.717) is 18.2 Å². The van der Waals surface area contributed by atoms with Crippen LogP contribution >= 0.6 is 0 Å². The van der Waals surface area contributed by atoms with E-state index in [4.69, 9.17) is 9.84 Å². The number of benzene rings is 2. The Labute approximate surface area is 201 Å². The smallest absolute Gasteiger partial charge is 0.123 e. The van der Waals surface area contributed by atoms with Crippen LogP contribution in [0.1, 0.15) is 25.2 Å². The minimum Gasteiger partial charge on any atom is -0.491 e. The van der Waals surface area contributed by atoms with Gasteiger partial charge in [-0.25, -0.2) is 9.07 Å². The third kappa shape index (κ3) is 6.88. The van der Waals surface area contributed by atoms with Crippen molar-refractivity contribution in [1.29, 1.82) is 0 Å². The van der Waals surface area contributed by atoms with Crippen LogP contribution in [-0.2, 0) is 13.0 Å². The van der Waals surface area contributed by atoms with Crippen molar-refractivity contribution in [3.05, 3.63) is 77.9 Å². The van der Waals surface area contributed by atoms with Crippen LogP contribution in [0.15, 0.2) is 60.7 Å². The standard InChI is InChI=1S/C27H35FN4O2/c1-21(2)16-25-17-23(29-32(25)24-6-4-3-5-7-24)18-30-12-14-31(15-13-30)19-26(33)20-34-27-10-8-22(28)9-11-27/h3-11,17,21,26,33H,12-16,18-20H2,1-2H3/t26-/m1/s1. The maximum atomic E-state index is 13.0. The highest BCUT2D eigenvalue weighted by Crippen LogP contribution is 2.18. The van der Waals surface area contributed by atoms with Gasteiger partial charge in [-0.2, -0.15) is 5.10 Å². The summed E-state index contributed by atoms with van der Waals surface area (Å²) < 4.78 is 20.7. The number of ether oxygens (including phenoxy) is 1. The fourth-order valence-corrected chi connectivity index (χ4v) is 4.34. The number of aromatic nitrogens is 2. The van der Waals surface area contributed by atoms with Gasteiger partial charge in [-0.1, -0.05) is 32.0 Å². The predicted octanol–water partition coefficient (Wildman–Crippen LogP) is 3.77. The summed E-state index contributed by atoms with van der Waals surface area (Å²) in [7, 11) is 0. The van der Waals surface area contributed by atoms with E-state index in [9.17, 15) is 9.50 Å². The monoisotopic (exact) mass is 466 g/mol. The number of aliphatic hydroxyl groups is 1. The molecule has 0 radical (unpaired) electrons. The first-order valence-corrected chi connectivity index (χ1v) is 12.1. The van der Waals surface area contributed by atoms with E-state index < -0.39 is 6.10 Å². The lowest BCUT2D eigenvalue weighted by Gasteiger charge is -2.35. The van der Waals surface area contributed by atoms with Gasteiger partial charge >= 0.3 is 0 Å². The Morgan fingerprint density at radius 2 is 1.65 bits per heavy atom. The number of β-amino-alcohol motifs (C(OH)–C–C–N with tert-alkyl or cyclic N) is 1. The molecule has 34 heavy (non-hydrogen) atoms. The number of nitrogens with zero attached hydrogens (tertiary/aromatic N) is 4.